The van der Waals surface area contributed by atoms with Crippen molar-refractivity contribution in [2.45, 2.75) is 6.92 Å². The van der Waals surface area contributed by atoms with Crippen molar-refractivity contribution in [2.24, 2.45) is 0 Å². The van der Waals surface area contributed by atoms with Gasteiger partial charge >= 0.3 is 0 Å². The molecule has 78 valence electrons. The highest BCUT2D eigenvalue weighted by molar-refractivity contribution is 5.70. The van der Waals surface area contributed by atoms with E-state index in [-0.39, 0.29) is 5.82 Å². The number of aromatic amines is 1. The van der Waals surface area contributed by atoms with Crippen LogP contribution in [0.5, 0.6) is 0 Å². The van der Waals surface area contributed by atoms with Gasteiger partial charge in [-0.15, -0.1) is 0 Å². The molecule has 0 fully saturated rings. The zero-order valence-electron chi connectivity index (χ0n) is 8.21. The first-order chi connectivity index (χ1) is 7.16. The Labute approximate surface area is 86.3 Å². The van der Waals surface area contributed by atoms with Crippen molar-refractivity contribution in [3.63, 3.8) is 0 Å². The van der Waals surface area contributed by atoms with E-state index in [2.05, 4.69) is 15.5 Å². The summed E-state index contributed by atoms with van der Waals surface area (Å²) >= 11 is 0. The first-order valence-electron chi connectivity index (χ1n) is 4.49. The Morgan fingerprint density at radius 3 is 2.80 bits per heavy atom. The molecular formula is C10H11FN4. The second kappa shape index (κ2) is 3.61. The first kappa shape index (κ1) is 9.51. The minimum absolute atomic E-state index is 0.252. The molecule has 0 aliphatic rings. The summed E-state index contributed by atoms with van der Waals surface area (Å²) in [5.74, 6) is 0.206. The molecule has 2 aromatic rings. The van der Waals surface area contributed by atoms with Crippen LogP contribution in [-0.4, -0.2) is 10.2 Å². The van der Waals surface area contributed by atoms with Crippen LogP contribution in [0.3, 0.4) is 0 Å². The summed E-state index contributed by atoms with van der Waals surface area (Å²) in [7, 11) is 0. The van der Waals surface area contributed by atoms with E-state index < -0.39 is 0 Å². The topological polar surface area (TPSA) is 66.7 Å². The van der Waals surface area contributed by atoms with Gasteiger partial charge in [0.1, 0.15) is 17.3 Å². The third-order valence-electron chi connectivity index (χ3n) is 2.13. The maximum Gasteiger partial charge on any atom is 0.143 e. The number of nitrogens with one attached hydrogen (secondary N) is 2. The second-order valence-electron chi connectivity index (χ2n) is 3.28. The maximum absolute atomic E-state index is 12.8. The van der Waals surface area contributed by atoms with Crippen molar-refractivity contribution in [3.8, 4) is 0 Å². The van der Waals surface area contributed by atoms with Crippen molar-refractivity contribution < 1.29 is 4.39 Å². The van der Waals surface area contributed by atoms with Crippen LogP contribution in [0.15, 0.2) is 24.4 Å². The fourth-order valence-electron chi connectivity index (χ4n) is 1.31. The number of hydrogen-bond acceptors (Lipinski definition) is 3. The molecule has 5 heteroatoms. The van der Waals surface area contributed by atoms with Gasteiger partial charge in [0.15, 0.2) is 0 Å². The number of aryl methyl sites for hydroxylation is 1. The monoisotopic (exact) mass is 206 g/mol. The molecule has 0 atom stereocenters. The lowest BCUT2D eigenvalue weighted by Gasteiger charge is -2.07. The number of nitrogens with two attached hydrogens (primary N) is 1. The van der Waals surface area contributed by atoms with E-state index in [4.69, 9.17) is 5.73 Å². The number of halogens is 1. The molecule has 0 saturated carbocycles. The molecule has 0 bridgehead atoms. The highest BCUT2D eigenvalue weighted by atomic mass is 19.1. The summed E-state index contributed by atoms with van der Waals surface area (Å²) in [6.07, 6.45) is 1.58. The summed E-state index contributed by atoms with van der Waals surface area (Å²) in [5.41, 5.74) is 7.92. The quantitative estimate of drug-likeness (QED) is 0.705. The maximum atomic E-state index is 12.8. The summed E-state index contributed by atoms with van der Waals surface area (Å²) < 4.78 is 12.8. The minimum atomic E-state index is -0.252. The fraction of sp³-hybridized carbons (Fsp3) is 0.100. The Hall–Kier alpha value is -2.04. The normalized spacial score (nSPS) is 10.3. The number of H-pyrrole nitrogens is 1. The third-order valence-corrected chi connectivity index (χ3v) is 2.13. The van der Waals surface area contributed by atoms with Crippen LogP contribution >= 0.6 is 0 Å². The predicted octanol–water partition coefficient (Wildman–Crippen LogP) is 2.18. The van der Waals surface area contributed by atoms with Crippen LogP contribution in [0.4, 0.5) is 21.6 Å². The molecule has 0 spiro atoms. The van der Waals surface area contributed by atoms with Gasteiger partial charge in [-0.3, -0.25) is 5.10 Å². The summed E-state index contributed by atoms with van der Waals surface area (Å²) in [6, 6.07) is 4.52. The van der Waals surface area contributed by atoms with Crippen molar-refractivity contribution in [1.29, 1.82) is 0 Å². The number of anilines is 3. The van der Waals surface area contributed by atoms with Gasteiger partial charge in [-0.2, -0.15) is 5.10 Å². The molecule has 0 saturated heterocycles. The minimum Gasteiger partial charge on any atom is -0.382 e. The van der Waals surface area contributed by atoms with Gasteiger partial charge in [-0.1, -0.05) is 0 Å². The van der Waals surface area contributed by atoms with Crippen molar-refractivity contribution in [3.05, 3.63) is 35.8 Å². The van der Waals surface area contributed by atoms with Gasteiger partial charge in [0, 0.05) is 5.69 Å². The van der Waals surface area contributed by atoms with Crippen molar-refractivity contribution >= 4 is 17.2 Å². The van der Waals surface area contributed by atoms with Crippen LogP contribution in [0.2, 0.25) is 0 Å². The molecule has 15 heavy (non-hydrogen) atoms. The Kier molecular flexibility index (Phi) is 2.29. The molecule has 0 aliphatic heterocycles. The second-order valence-corrected chi connectivity index (χ2v) is 3.28. The van der Waals surface area contributed by atoms with Gasteiger partial charge in [0.2, 0.25) is 0 Å². The third kappa shape index (κ3) is 1.90. The van der Waals surface area contributed by atoms with Gasteiger partial charge in [0.25, 0.3) is 0 Å². The number of hydrogen-bond donors (Lipinski definition) is 3. The van der Waals surface area contributed by atoms with Crippen LogP contribution in [-0.2, 0) is 0 Å². The average Bonchev–Trinajstić information content (AvgIpc) is 2.57. The molecule has 0 unspecified atom stereocenters. The molecule has 0 amide bonds. The lowest BCUT2D eigenvalue weighted by molar-refractivity contribution is 0.627. The van der Waals surface area contributed by atoms with Gasteiger partial charge in [-0.25, -0.2) is 4.39 Å². The number of rotatable bonds is 2. The van der Waals surface area contributed by atoms with E-state index in [0.29, 0.717) is 11.5 Å². The van der Waals surface area contributed by atoms with Crippen LogP contribution in [0.1, 0.15) is 5.56 Å². The molecule has 2 rings (SSSR count). The largest absolute Gasteiger partial charge is 0.382 e. The van der Waals surface area contributed by atoms with Crippen molar-refractivity contribution in [2.75, 3.05) is 11.1 Å². The summed E-state index contributed by atoms with van der Waals surface area (Å²) in [5, 5.41) is 9.45. The lowest BCUT2D eigenvalue weighted by Crippen LogP contribution is -1.96. The first-order valence-corrected chi connectivity index (χ1v) is 4.49. The van der Waals surface area contributed by atoms with E-state index >= 15 is 0 Å². The molecule has 0 radical (unpaired) electrons. The lowest BCUT2D eigenvalue weighted by atomic mass is 10.2. The van der Waals surface area contributed by atoms with Gasteiger partial charge in [-0.05, 0) is 30.7 Å². The van der Waals surface area contributed by atoms with E-state index in [1.54, 1.807) is 12.3 Å². The Morgan fingerprint density at radius 2 is 2.20 bits per heavy atom. The Balaban J connectivity index is 2.29. The zero-order chi connectivity index (χ0) is 10.8. The smallest absolute Gasteiger partial charge is 0.143 e. The number of aromatic nitrogens is 2. The summed E-state index contributed by atoms with van der Waals surface area (Å²) in [6.45, 7) is 1.82. The number of benzene rings is 1. The van der Waals surface area contributed by atoms with E-state index in [9.17, 15) is 4.39 Å². The zero-order valence-corrected chi connectivity index (χ0v) is 8.21. The molecule has 1 aromatic carbocycles. The molecule has 0 aliphatic carbocycles. The standard InChI is InChI=1S/C10H11FN4/c1-6-4-7(11)2-3-8(6)14-9-5-13-15-10(9)12/h2-5,14H,1H3,(H3,12,13,15). The van der Waals surface area contributed by atoms with E-state index in [0.717, 1.165) is 11.3 Å². The average molecular weight is 206 g/mol. The molecule has 4 N–H and O–H groups in total. The molecular weight excluding hydrogens is 195 g/mol. The van der Waals surface area contributed by atoms with Gasteiger partial charge < -0.3 is 11.1 Å². The molecule has 1 aromatic heterocycles. The Bertz CT molecular complexity index is 478. The van der Waals surface area contributed by atoms with E-state index in [1.165, 1.54) is 12.1 Å². The number of nitrogen functional groups attached to an aromatic ring is 1. The molecule has 4 nitrogen and oxygen atoms in total. The molecule has 1 heterocycles. The van der Waals surface area contributed by atoms with E-state index in [1.807, 2.05) is 6.92 Å². The van der Waals surface area contributed by atoms with Crippen molar-refractivity contribution in [1.82, 2.24) is 10.2 Å². The number of nitrogens with zero attached hydrogens (tertiary/aromatic N) is 1. The highest BCUT2D eigenvalue weighted by Crippen LogP contribution is 2.23. The predicted molar refractivity (Wildman–Crippen MR) is 57.4 cm³/mol. The highest BCUT2D eigenvalue weighted by Gasteiger charge is 2.04. The van der Waals surface area contributed by atoms with Crippen LogP contribution in [0.25, 0.3) is 0 Å². The Morgan fingerprint density at radius 1 is 1.40 bits per heavy atom. The SMILES string of the molecule is Cc1cc(F)ccc1Nc1cn[nH]c1N. The van der Waals surface area contributed by atoms with Crippen LogP contribution < -0.4 is 11.1 Å². The van der Waals surface area contributed by atoms with Crippen LogP contribution in [0, 0.1) is 12.7 Å². The fourth-order valence-corrected chi connectivity index (χ4v) is 1.31. The summed E-state index contributed by atoms with van der Waals surface area (Å²) in [4.78, 5) is 0. The van der Waals surface area contributed by atoms with Gasteiger partial charge in [0.05, 0.1) is 6.20 Å².